The summed E-state index contributed by atoms with van der Waals surface area (Å²) in [5.41, 5.74) is 1.98. The first-order valence-electron chi connectivity index (χ1n) is 6.11. The molecule has 1 aromatic carbocycles. The van der Waals surface area contributed by atoms with E-state index in [1.54, 1.807) is 12.1 Å². The summed E-state index contributed by atoms with van der Waals surface area (Å²) in [6, 6.07) is 4.95. The maximum atomic E-state index is 10.8. The molecule has 1 aromatic rings. The summed E-state index contributed by atoms with van der Waals surface area (Å²) in [6.45, 7) is 6.44. The molecular weight excluding hydrogens is 252 g/mol. The summed E-state index contributed by atoms with van der Waals surface area (Å²) in [7, 11) is 0. The second kappa shape index (κ2) is 5.14. The van der Waals surface area contributed by atoms with Crippen LogP contribution in [-0.2, 0) is 5.88 Å². The minimum atomic E-state index is -0.380. The summed E-state index contributed by atoms with van der Waals surface area (Å²) in [5.74, 6) is 1.59. The van der Waals surface area contributed by atoms with Crippen molar-refractivity contribution in [2.45, 2.75) is 19.7 Å². The fraction of sp³-hybridized carbons (Fsp3) is 0.538. The van der Waals surface area contributed by atoms with Crippen molar-refractivity contribution >= 4 is 23.0 Å². The topological polar surface area (TPSA) is 46.4 Å². The van der Waals surface area contributed by atoms with Gasteiger partial charge in [-0.25, -0.2) is 0 Å². The van der Waals surface area contributed by atoms with Crippen molar-refractivity contribution in [2.75, 3.05) is 18.0 Å². The second-order valence-electron chi connectivity index (χ2n) is 5.06. The summed E-state index contributed by atoms with van der Waals surface area (Å²) >= 11 is 5.91. The number of alkyl halides is 1. The Morgan fingerprint density at radius 3 is 2.50 bits per heavy atom. The normalized spacial score (nSPS) is 23.4. The SMILES string of the molecule is CC1CN(c2ccc([N+](=O)[O-])cc2CCl)CC1C. The lowest BCUT2D eigenvalue weighted by Gasteiger charge is -2.21. The van der Waals surface area contributed by atoms with Crippen molar-refractivity contribution < 1.29 is 4.92 Å². The zero-order valence-electron chi connectivity index (χ0n) is 10.6. The van der Waals surface area contributed by atoms with Gasteiger partial charge in [0.2, 0.25) is 0 Å². The highest BCUT2D eigenvalue weighted by Crippen LogP contribution is 2.32. The molecule has 98 valence electrons. The number of anilines is 1. The molecule has 0 saturated carbocycles. The number of nitro groups is 1. The van der Waals surface area contributed by atoms with Gasteiger partial charge < -0.3 is 4.90 Å². The van der Waals surface area contributed by atoms with E-state index in [1.165, 1.54) is 0 Å². The number of hydrogen-bond acceptors (Lipinski definition) is 3. The molecule has 0 radical (unpaired) electrons. The van der Waals surface area contributed by atoms with E-state index in [-0.39, 0.29) is 10.6 Å². The van der Waals surface area contributed by atoms with Gasteiger partial charge in [-0.2, -0.15) is 0 Å². The van der Waals surface area contributed by atoms with Crippen molar-refractivity contribution in [2.24, 2.45) is 11.8 Å². The predicted octanol–water partition coefficient (Wildman–Crippen LogP) is 3.43. The molecule has 1 aliphatic rings. The molecule has 0 aromatic heterocycles. The van der Waals surface area contributed by atoms with Crippen molar-refractivity contribution in [3.63, 3.8) is 0 Å². The lowest BCUT2D eigenvalue weighted by atomic mass is 10.0. The largest absolute Gasteiger partial charge is 0.371 e. The molecule has 2 atom stereocenters. The predicted molar refractivity (Wildman–Crippen MR) is 73.2 cm³/mol. The van der Waals surface area contributed by atoms with Crippen LogP contribution >= 0.6 is 11.6 Å². The van der Waals surface area contributed by atoms with E-state index >= 15 is 0 Å². The fourth-order valence-corrected chi connectivity index (χ4v) is 2.64. The highest BCUT2D eigenvalue weighted by atomic mass is 35.5. The monoisotopic (exact) mass is 268 g/mol. The van der Waals surface area contributed by atoms with Gasteiger partial charge in [-0.3, -0.25) is 10.1 Å². The summed E-state index contributed by atoms with van der Waals surface area (Å²) in [5, 5.41) is 10.8. The summed E-state index contributed by atoms with van der Waals surface area (Å²) < 4.78 is 0. The van der Waals surface area contributed by atoms with Gasteiger partial charge in [0.05, 0.1) is 4.92 Å². The molecule has 5 heteroatoms. The van der Waals surface area contributed by atoms with Crippen LogP contribution in [0.2, 0.25) is 0 Å². The number of hydrogen-bond donors (Lipinski definition) is 0. The highest BCUT2D eigenvalue weighted by molar-refractivity contribution is 6.17. The van der Waals surface area contributed by atoms with Crippen LogP contribution in [0, 0.1) is 22.0 Å². The molecule has 0 aliphatic carbocycles. The smallest absolute Gasteiger partial charge is 0.269 e. The number of nitrogens with zero attached hydrogens (tertiary/aromatic N) is 2. The minimum Gasteiger partial charge on any atom is -0.371 e. The van der Waals surface area contributed by atoms with Gasteiger partial charge in [0.25, 0.3) is 5.69 Å². The van der Waals surface area contributed by atoms with E-state index < -0.39 is 0 Å². The van der Waals surface area contributed by atoms with Gasteiger partial charge in [-0.1, -0.05) is 13.8 Å². The number of rotatable bonds is 3. The van der Waals surface area contributed by atoms with E-state index in [1.807, 2.05) is 6.07 Å². The lowest BCUT2D eigenvalue weighted by molar-refractivity contribution is -0.384. The number of halogens is 1. The molecule has 0 bridgehead atoms. The van der Waals surface area contributed by atoms with E-state index in [0.717, 1.165) is 24.3 Å². The first-order chi connectivity index (χ1) is 8.52. The zero-order chi connectivity index (χ0) is 13.3. The Balaban J connectivity index is 2.31. The van der Waals surface area contributed by atoms with Crippen LogP contribution in [0.3, 0.4) is 0 Å². The van der Waals surface area contributed by atoms with Crippen molar-refractivity contribution in [1.82, 2.24) is 0 Å². The van der Waals surface area contributed by atoms with Crippen molar-refractivity contribution in [1.29, 1.82) is 0 Å². The van der Waals surface area contributed by atoms with Gasteiger partial charge in [0, 0.05) is 36.8 Å². The Morgan fingerprint density at radius 1 is 1.39 bits per heavy atom. The van der Waals surface area contributed by atoms with Crippen LogP contribution in [0.25, 0.3) is 0 Å². The molecule has 1 aliphatic heterocycles. The van der Waals surface area contributed by atoms with E-state index in [9.17, 15) is 10.1 Å². The van der Waals surface area contributed by atoms with Gasteiger partial charge in [-0.05, 0) is 23.5 Å². The van der Waals surface area contributed by atoms with Crippen LogP contribution in [0.4, 0.5) is 11.4 Å². The van der Waals surface area contributed by atoms with E-state index in [2.05, 4.69) is 18.7 Å². The van der Waals surface area contributed by atoms with Crippen LogP contribution in [0.1, 0.15) is 19.4 Å². The number of non-ortho nitro benzene ring substituents is 1. The van der Waals surface area contributed by atoms with E-state index in [4.69, 9.17) is 11.6 Å². The third kappa shape index (κ3) is 2.43. The van der Waals surface area contributed by atoms with Gasteiger partial charge in [0.1, 0.15) is 0 Å². The second-order valence-corrected chi connectivity index (χ2v) is 5.33. The molecule has 1 fully saturated rings. The van der Waals surface area contributed by atoms with Gasteiger partial charge in [-0.15, -0.1) is 11.6 Å². The molecule has 0 spiro atoms. The standard InChI is InChI=1S/C13H17ClN2O2/c1-9-7-15(8-10(9)2)13-4-3-12(16(17)18)5-11(13)6-14/h3-5,9-10H,6-8H2,1-2H3. The Labute approximate surface area is 112 Å². The zero-order valence-corrected chi connectivity index (χ0v) is 11.4. The molecule has 2 rings (SSSR count). The Morgan fingerprint density at radius 2 is 2.00 bits per heavy atom. The number of nitro benzene ring substituents is 1. The quantitative estimate of drug-likeness (QED) is 0.479. The first-order valence-corrected chi connectivity index (χ1v) is 6.64. The summed E-state index contributed by atoms with van der Waals surface area (Å²) in [4.78, 5) is 12.6. The molecule has 1 heterocycles. The molecule has 18 heavy (non-hydrogen) atoms. The Kier molecular flexibility index (Phi) is 3.76. The Hall–Kier alpha value is -1.29. The highest BCUT2D eigenvalue weighted by Gasteiger charge is 2.27. The molecule has 4 nitrogen and oxygen atoms in total. The third-order valence-corrected chi connectivity index (χ3v) is 4.03. The molecular formula is C13H17ClN2O2. The molecule has 0 amide bonds. The number of benzene rings is 1. The lowest BCUT2D eigenvalue weighted by Crippen LogP contribution is -2.20. The van der Waals surface area contributed by atoms with Gasteiger partial charge in [0.15, 0.2) is 0 Å². The van der Waals surface area contributed by atoms with Gasteiger partial charge >= 0.3 is 0 Å². The average molecular weight is 269 g/mol. The van der Waals surface area contributed by atoms with Crippen molar-refractivity contribution in [3.8, 4) is 0 Å². The Bertz CT molecular complexity index is 454. The van der Waals surface area contributed by atoms with Crippen LogP contribution in [0.15, 0.2) is 18.2 Å². The van der Waals surface area contributed by atoms with E-state index in [0.29, 0.717) is 17.7 Å². The minimum absolute atomic E-state index is 0.106. The summed E-state index contributed by atoms with van der Waals surface area (Å²) in [6.07, 6.45) is 0. The maximum absolute atomic E-state index is 10.8. The maximum Gasteiger partial charge on any atom is 0.269 e. The van der Waals surface area contributed by atoms with Crippen LogP contribution < -0.4 is 4.90 Å². The van der Waals surface area contributed by atoms with Crippen molar-refractivity contribution in [3.05, 3.63) is 33.9 Å². The molecule has 2 unspecified atom stereocenters. The molecule has 1 saturated heterocycles. The first kappa shape index (κ1) is 13.1. The van der Waals surface area contributed by atoms with Crippen LogP contribution in [0.5, 0.6) is 0 Å². The molecule has 0 N–H and O–H groups in total. The fourth-order valence-electron chi connectivity index (χ4n) is 2.43. The average Bonchev–Trinajstić information content (AvgIpc) is 2.68. The third-order valence-electron chi connectivity index (χ3n) is 3.75. The van der Waals surface area contributed by atoms with Crippen LogP contribution in [-0.4, -0.2) is 18.0 Å².